The van der Waals surface area contributed by atoms with Crippen LogP contribution in [0.4, 0.5) is 10.8 Å². The van der Waals surface area contributed by atoms with E-state index >= 15 is 0 Å². The lowest BCUT2D eigenvalue weighted by Crippen LogP contribution is -2.16. The monoisotopic (exact) mass is 500 g/mol. The summed E-state index contributed by atoms with van der Waals surface area (Å²) in [5, 5.41) is 5.62. The molecule has 7 nitrogen and oxygen atoms in total. The molecular weight excluding hydrogens is 480 g/mol. The Kier molecular flexibility index (Phi) is 6.02. The molecule has 2 N–H and O–H groups in total. The van der Waals surface area contributed by atoms with Crippen LogP contribution in [0, 0.1) is 6.92 Å². The highest BCUT2D eigenvalue weighted by Gasteiger charge is 2.20. The summed E-state index contributed by atoms with van der Waals surface area (Å²) >= 11 is 1.19. The van der Waals surface area contributed by atoms with Gasteiger partial charge in [-0.25, -0.2) is 18.4 Å². The van der Waals surface area contributed by atoms with Gasteiger partial charge in [0.1, 0.15) is 0 Å². The van der Waals surface area contributed by atoms with Crippen LogP contribution in [-0.4, -0.2) is 24.3 Å². The number of amides is 1. The zero-order chi connectivity index (χ0) is 24.4. The highest BCUT2D eigenvalue weighted by atomic mass is 32.2. The number of nitrogens with zero attached hydrogens (tertiary/aromatic N) is 2. The van der Waals surface area contributed by atoms with Gasteiger partial charge in [0.25, 0.3) is 15.9 Å². The molecule has 9 heteroatoms. The van der Waals surface area contributed by atoms with Crippen molar-refractivity contribution < 1.29 is 13.2 Å². The molecule has 2 heterocycles. The van der Waals surface area contributed by atoms with E-state index in [0.29, 0.717) is 11.3 Å². The lowest BCUT2D eigenvalue weighted by molar-refractivity contribution is 0.102. The van der Waals surface area contributed by atoms with Gasteiger partial charge in [-0.15, -0.1) is 11.3 Å². The number of para-hydroxylation sites is 1. The van der Waals surface area contributed by atoms with Crippen molar-refractivity contribution in [2.75, 3.05) is 10.0 Å². The minimum atomic E-state index is -3.78. The fraction of sp³-hybridized carbons (Fsp3) is 0.0385. The average molecular weight is 501 g/mol. The predicted molar refractivity (Wildman–Crippen MR) is 139 cm³/mol. The number of nitrogens with one attached hydrogen (secondary N) is 2. The first-order chi connectivity index (χ1) is 16.9. The molecule has 0 aliphatic heterocycles. The number of pyridine rings is 1. The van der Waals surface area contributed by atoms with Crippen molar-refractivity contribution in [1.82, 2.24) is 9.97 Å². The second-order valence-corrected chi connectivity index (χ2v) is 10.3. The minimum absolute atomic E-state index is 0.0719. The van der Waals surface area contributed by atoms with Crippen molar-refractivity contribution in [3.63, 3.8) is 0 Å². The van der Waals surface area contributed by atoms with Gasteiger partial charge in [0.2, 0.25) is 0 Å². The molecule has 174 valence electrons. The third-order valence-electron chi connectivity index (χ3n) is 5.49. The quantitative estimate of drug-likeness (QED) is 0.311. The Morgan fingerprint density at radius 1 is 0.914 bits per heavy atom. The fourth-order valence-corrected chi connectivity index (χ4v) is 5.62. The molecule has 0 radical (unpaired) electrons. The number of hydrogen-bond donors (Lipinski definition) is 2. The molecule has 0 fully saturated rings. The Hall–Kier alpha value is -4.08. The number of hydrogen-bond acceptors (Lipinski definition) is 6. The van der Waals surface area contributed by atoms with Gasteiger partial charge < -0.3 is 5.32 Å². The minimum Gasteiger partial charge on any atom is -0.322 e. The Bertz CT molecular complexity index is 1620. The third-order valence-corrected chi connectivity index (χ3v) is 7.66. The average Bonchev–Trinajstić information content (AvgIpc) is 3.37. The van der Waals surface area contributed by atoms with Gasteiger partial charge in [0.15, 0.2) is 5.13 Å². The molecule has 0 saturated heterocycles. The molecule has 1 amide bonds. The first-order valence-corrected chi connectivity index (χ1v) is 13.1. The van der Waals surface area contributed by atoms with E-state index in [0.717, 1.165) is 27.7 Å². The van der Waals surface area contributed by atoms with Crippen molar-refractivity contribution in [1.29, 1.82) is 0 Å². The van der Waals surface area contributed by atoms with Crippen molar-refractivity contribution in [3.8, 4) is 11.3 Å². The van der Waals surface area contributed by atoms with Crippen LogP contribution in [0.2, 0.25) is 0 Å². The first-order valence-electron chi connectivity index (χ1n) is 10.7. The van der Waals surface area contributed by atoms with E-state index in [1.807, 2.05) is 61.5 Å². The van der Waals surface area contributed by atoms with Gasteiger partial charge in [-0.2, -0.15) is 0 Å². The van der Waals surface area contributed by atoms with Crippen LogP contribution in [0.5, 0.6) is 0 Å². The molecule has 5 rings (SSSR count). The Labute approximate surface area is 206 Å². The number of fused-ring (bicyclic) bond motifs is 1. The van der Waals surface area contributed by atoms with Crippen LogP contribution < -0.4 is 10.0 Å². The lowest BCUT2D eigenvalue weighted by atomic mass is 9.97. The molecule has 35 heavy (non-hydrogen) atoms. The van der Waals surface area contributed by atoms with E-state index in [2.05, 4.69) is 15.0 Å². The topological polar surface area (TPSA) is 101 Å². The van der Waals surface area contributed by atoms with E-state index in [1.165, 1.54) is 29.7 Å². The van der Waals surface area contributed by atoms with Gasteiger partial charge >= 0.3 is 0 Å². The molecule has 0 saturated carbocycles. The van der Waals surface area contributed by atoms with Gasteiger partial charge in [-0.1, -0.05) is 48.5 Å². The molecule has 0 aliphatic rings. The SMILES string of the molecule is Cc1c(-c2ccccc2)nc2ccccc2c1C(=O)Nc1ccc(S(=O)(=O)Nc2nccs2)cc1. The maximum atomic E-state index is 13.4. The molecule has 0 spiro atoms. The number of sulfonamides is 1. The molecule has 0 atom stereocenters. The zero-order valence-electron chi connectivity index (χ0n) is 18.6. The number of benzene rings is 3. The van der Waals surface area contributed by atoms with Crippen LogP contribution in [0.3, 0.4) is 0 Å². The fourth-order valence-electron chi connectivity index (χ4n) is 3.84. The van der Waals surface area contributed by atoms with Crippen molar-refractivity contribution in [2.45, 2.75) is 11.8 Å². The van der Waals surface area contributed by atoms with Crippen LogP contribution in [0.25, 0.3) is 22.2 Å². The number of carbonyl (C=O) groups is 1. The molecule has 0 unspecified atom stereocenters. The summed E-state index contributed by atoms with van der Waals surface area (Å²) in [7, 11) is -3.78. The first kappa shape index (κ1) is 22.7. The summed E-state index contributed by atoms with van der Waals surface area (Å²) in [6.45, 7) is 1.89. The summed E-state index contributed by atoms with van der Waals surface area (Å²) in [5.41, 5.74) is 4.15. The smallest absolute Gasteiger partial charge is 0.263 e. The van der Waals surface area contributed by atoms with Gasteiger partial charge in [0.05, 0.1) is 21.7 Å². The van der Waals surface area contributed by atoms with Gasteiger partial charge in [0, 0.05) is 28.2 Å². The third kappa shape index (κ3) is 4.64. The zero-order valence-corrected chi connectivity index (χ0v) is 20.2. The van der Waals surface area contributed by atoms with Crippen LogP contribution in [-0.2, 0) is 10.0 Å². The highest BCUT2D eigenvalue weighted by molar-refractivity contribution is 7.93. The summed E-state index contributed by atoms with van der Waals surface area (Å²) < 4.78 is 27.6. The van der Waals surface area contributed by atoms with E-state index in [1.54, 1.807) is 17.5 Å². The summed E-state index contributed by atoms with van der Waals surface area (Å²) in [6.07, 6.45) is 1.52. The highest BCUT2D eigenvalue weighted by Crippen LogP contribution is 2.30. The maximum Gasteiger partial charge on any atom is 0.263 e. The standard InChI is InChI=1S/C26H20N4O3S2/c1-17-23(21-9-5-6-10-22(21)29-24(17)18-7-3-2-4-8-18)25(31)28-19-11-13-20(14-12-19)35(32,33)30-26-27-15-16-34-26/h2-16H,1H3,(H,27,30)(H,28,31). The van der Waals surface area contributed by atoms with Gasteiger partial charge in [-0.3, -0.25) is 9.52 Å². The largest absolute Gasteiger partial charge is 0.322 e. The van der Waals surface area contributed by atoms with E-state index in [4.69, 9.17) is 4.98 Å². The van der Waals surface area contributed by atoms with Crippen LogP contribution in [0.15, 0.2) is 95.3 Å². The second-order valence-electron chi connectivity index (χ2n) is 7.76. The normalized spacial score (nSPS) is 11.3. The Balaban J connectivity index is 1.47. The second kappa shape index (κ2) is 9.28. The molecule has 2 aromatic heterocycles. The number of anilines is 2. The Morgan fingerprint density at radius 2 is 1.63 bits per heavy atom. The summed E-state index contributed by atoms with van der Waals surface area (Å²) in [5.74, 6) is -0.296. The predicted octanol–water partition coefficient (Wildman–Crippen LogP) is 5.72. The summed E-state index contributed by atoms with van der Waals surface area (Å²) in [6, 6.07) is 23.3. The lowest BCUT2D eigenvalue weighted by Gasteiger charge is -2.15. The van der Waals surface area contributed by atoms with E-state index < -0.39 is 10.0 Å². The van der Waals surface area contributed by atoms with Crippen molar-refractivity contribution in [3.05, 3.63) is 102 Å². The molecular formula is C26H20N4O3S2. The Morgan fingerprint density at radius 3 is 2.34 bits per heavy atom. The molecule has 0 aliphatic carbocycles. The molecule has 3 aromatic carbocycles. The molecule has 0 bridgehead atoms. The number of rotatable bonds is 6. The number of carbonyl (C=O) groups excluding carboxylic acids is 1. The van der Waals surface area contributed by atoms with Gasteiger partial charge in [-0.05, 0) is 42.8 Å². The van der Waals surface area contributed by atoms with Crippen molar-refractivity contribution >= 4 is 49.0 Å². The van der Waals surface area contributed by atoms with Crippen molar-refractivity contribution in [2.24, 2.45) is 0 Å². The van der Waals surface area contributed by atoms with Crippen LogP contribution >= 0.6 is 11.3 Å². The number of thiazole rings is 1. The number of aromatic nitrogens is 2. The maximum absolute atomic E-state index is 13.4. The summed E-state index contributed by atoms with van der Waals surface area (Å²) in [4.78, 5) is 22.3. The molecule has 5 aromatic rings. The van der Waals surface area contributed by atoms with E-state index in [9.17, 15) is 13.2 Å². The van der Waals surface area contributed by atoms with E-state index in [-0.39, 0.29) is 15.9 Å². The van der Waals surface area contributed by atoms with Crippen LogP contribution in [0.1, 0.15) is 15.9 Å².